The van der Waals surface area contributed by atoms with E-state index in [9.17, 15) is 0 Å². The number of nitrogens with zero attached hydrogens (tertiary/aromatic N) is 2. The van der Waals surface area contributed by atoms with Crippen molar-refractivity contribution >= 4 is 0 Å². The van der Waals surface area contributed by atoms with Crippen molar-refractivity contribution < 1.29 is 9.84 Å². The molecule has 0 spiro atoms. The SMILES string of the molecule is COCCN(Cc1ccc(C#CCCO)cc1)C[C@H]1CCCN(C2Cc3ccccc3C2)C1. The maximum Gasteiger partial charge on any atom is 0.0589 e. The maximum absolute atomic E-state index is 8.89. The van der Waals surface area contributed by atoms with Crippen molar-refractivity contribution in [1.82, 2.24) is 9.80 Å². The van der Waals surface area contributed by atoms with Crippen LogP contribution < -0.4 is 0 Å². The average molecular weight is 447 g/mol. The van der Waals surface area contributed by atoms with E-state index in [0.29, 0.717) is 18.4 Å². The molecule has 2 aromatic rings. The van der Waals surface area contributed by atoms with E-state index in [-0.39, 0.29) is 6.61 Å². The minimum Gasteiger partial charge on any atom is -0.395 e. The number of aliphatic hydroxyl groups is 1. The lowest BCUT2D eigenvalue weighted by atomic mass is 9.95. The van der Waals surface area contributed by atoms with Crippen molar-refractivity contribution in [2.75, 3.05) is 46.5 Å². The van der Waals surface area contributed by atoms with Gasteiger partial charge < -0.3 is 9.84 Å². The highest BCUT2D eigenvalue weighted by atomic mass is 16.5. The fourth-order valence-corrected chi connectivity index (χ4v) is 5.36. The number of piperidine rings is 1. The van der Waals surface area contributed by atoms with Crippen LogP contribution in [0.25, 0.3) is 0 Å². The van der Waals surface area contributed by atoms with Gasteiger partial charge in [-0.3, -0.25) is 9.80 Å². The topological polar surface area (TPSA) is 35.9 Å². The van der Waals surface area contributed by atoms with E-state index >= 15 is 0 Å². The summed E-state index contributed by atoms with van der Waals surface area (Å²) in [6, 6.07) is 18.2. The van der Waals surface area contributed by atoms with Crippen molar-refractivity contribution in [2.24, 2.45) is 5.92 Å². The first-order valence-corrected chi connectivity index (χ1v) is 12.5. The second-order valence-electron chi connectivity index (χ2n) is 9.53. The Morgan fingerprint density at radius 2 is 1.85 bits per heavy atom. The van der Waals surface area contributed by atoms with Gasteiger partial charge in [-0.1, -0.05) is 48.2 Å². The van der Waals surface area contributed by atoms with Crippen LogP contribution >= 0.6 is 0 Å². The summed E-state index contributed by atoms with van der Waals surface area (Å²) >= 11 is 0. The highest BCUT2D eigenvalue weighted by Gasteiger charge is 2.30. The summed E-state index contributed by atoms with van der Waals surface area (Å²) in [6.07, 6.45) is 5.57. The first kappa shape index (κ1) is 24.0. The summed E-state index contributed by atoms with van der Waals surface area (Å²) in [5.41, 5.74) is 5.43. The number of likely N-dealkylation sites (tertiary alicyclic amines) is 1. The monoisotopic (exact) mass is 446 g/mol. The number of methoxy groups -OCH3 is 1. The van der Waals surface area contributed by atoms with E-state index in [0.717, 1.165) is 31.8 Å². The quantitative estimate of drug-likeness (QED) is 0.595. The third kappa shape index (κ3) is 6.91. The van der Waals surface area contributed by atoms with Gasteiger partial charge in [-0.15, -0.1) is 0 Å². The highest BCUT2D eigenvalue weighted by Crippen LogP contribution is 2.29. The molecule has 1 aliphatic heterocycles. The minimum atomic E-state index is 0.117. The Bertz CT molecular complexity index is 906. The third-order valence-electron chi connectivity index (χ3n) is 7.05. The van der Waals surface area contributed by atoms with Crippen LogP contribution in [0.1, 0.15) is 41.5 Å². The van der Waals surface area contributed by atoms with E-state index in [1.165, 1.54) is 44.3 Å². The van der Waals surface area contributed by atoms with E-state index in [1.807, 2.05) is 0 Å². The molecule has 0 saturated carbocycles. The first-order valence-electron chi connectivity index (χ1n) is 12.5. The molecule has 4 nitrogen and oxygen atoms in total. The van der Waals surface area contributed by atoms with Crippen LogP contribution in [-0.4, -0.2) is 67.5 Å². The lowest BCUT2D eigenvalue weighted by Gasteiger charge is -2.38. The Morgan fingerprint density at radius 1 is 1.09 bits per heavy atom. The van der Waals surface area contributed by atoms with Gasteiger partial charge in [0.05, 0.1) is 13.2 Å². The molecule has 1 heterocycles. The van der Waals surface area contributed by atoms with Crippen LogP contribution in [0.2, 0.25) is 0 Å². The second kappa shape index (κ2) is 12.3. The summed E-state index contributed by atoms with van der Waals surface area (Å²) in [4.78, 5) is 5.33. The largest absolute Gasteiger partial charge is 0.395 e. The van der Waals surface area contributed by atoms with Gasteiger partial charge in [0, 0.05) is 51.3 Å². The predicted molar refractivity (Wildman–Crippen MR) is 134 cm³/mol. The lowest BCUT2D eigenvalue weighted by molar-refractivity contribution is 0.0844. The number of rotatable bonds is 9. The maximum atomic E-state index is 8.89. The van der Waals surface area contributed by atoms with Gasteiger partial charge in [0.1, 0.15) is 0 Å². The number of ether oxygens (including phenoxy) is 1. The summed E-state index contributed by atoms with van der Waals surface area (Å²) in [7, 11) is 1.79. The minimum absolute atomic E-state index is 0.117. The van der Waals surface area contributed by atoms with E-state index in [4.69, 9.17) is 9.84 Å². The van der Waals surface area contributed by atoms with Crippen LogP contribution in [-0.2, 0) is 24.1 Å². The lowest BCUT2D eigenvalue weighted by Crippen LogP contribution is -2.46. The molecule has 33 heavy (non-hydrogen) atoms. The zero-order valence-corrected chi connectivity index (χ0v) is 20.0. The predicted octanol–water partition coefficient (Wildman–Crippen LogP) is 3.75. The molecule has 0 unspecified atom stereocenters. The summed E-state index contributed by atoms with van der Waals surface area (Å²) in [6.45, 7) is 6.36. The highest BCUT2D eigenvalue weighted by molar-refractivity contribution is 5.36. The van der Waals surface area contributed by atoms with E-state index < -0.39 is 0 Å². The van der Waals surface area contributed by atoms with Crippen molar-refractivity contribution in [3.8, 4) is 11.8 Å². The fourth-order valence-electron chi connectivity index (χ4n) is 5.36. The Hall–Kier alpha value is -2.16. The zero-order chi connectivity index (χ0) is 22.9. The second-order valence-corrected chi connectivity index (χ2v) is 9.53. The molecule has 1 saturated heterocycles. The Balaban J connectivity index is 1.33. The normalized spacial score (nSPS) is 18.8. The first-order chi connectivity index (χ1) is 16.2. The Kier molecular flexibility index (Phi) is 8.97. The van der Waals surface area contributed by atoms with Crippen LogP contribution in [0.4, 0.5) is 0 Å². The molecule has 2 aliphatic rings. The molecule has 1 atom stereocenters. The molecule has 0 amide bonds. The molecule has 1 fully saturated rings. The summed E-state index contributed by atoms with van der Waals surface area (Å²) < 4.78 is 5.42. The smallest absolute Gasteiger partial charge is 0.0589 e. The van der Waals surface area contributed by atoms with Gasteiger partial charge in [0.2, 0.25) is 0 Å². The molecule has 176 valence electrons. The molecule has 2 aromatic carbocycles. The molecule has 4 rings (SSSR count). The number of benzene rings is 2. The molecular formula is C29H38N2O2. The number of hydrogen-bond acceptors (Lipinski definition) is 4. The molecule has 0 radical (unpaired) electrons. The zero-order valence-electron chi connectivity index (χ0n) is 20.0. The number of fused-ring (bicyclic) bond motifs is 1. The summed E-state index contributed by atoms with van der Waals surface area (Å²) in [5.74, 6) is 6.82. The molecule has 0 aromatic heterocycles. The summed E-state index contributed by atoms with van der Waals surface area (Å²) in [5, 5.41) is 8.89. The molecule has 0 bridgehead atoms. The van der Waals surface area contributed by atoms with Crippen molar-refractivity contribution in [2.45, 2.75) is 44.7 Å². The van der Waals surface area contributed by atoms with Gasteiger partial charge in [0.15, 0.2) is 0 Å². The fraction of sp³-hybridized carbons (Fsp3) is 0.517. The molecule has 4 heteroatoms. The molecular weight excluding hydrogens is 408 g/mol. The van der Waals surface area contributed by atoms with Gasteiger partial charge in [-0.05, 0) is 67.0 Å². The Labute approximate surface area is 199 Å². The van der Waals surface area contributed by atoms with Gasteiger partial charge in [-0.2, -0.15) is 0 Å². The molecule has 1 N–H and O–H groups in total. The van der Waals surface area contributed by atoms with Crippen molar-refractivity contribution in [1.29, 1.82) is 0 Å². The number of hydrogen-bond donors (Lipinski definition) is 1. The van der Waals surface area contributed by atoms with E-state index in [1.54, 1.807) is 18.2 Å². The van der Waals surface area contributed by atoms with Crippen LogP contribution in [0.5, 0.6) is 0 Å². The van der Waals surface area contributed by atoms with Crippen molar-refractivity contribution in [3.63, 3.8) is 0 Å². The van der Waals surface area contributed by atoms with Gasteiger partial charge in [0.25, 0.3) is 0 Å². The van der Waals surface area contributed by atoms with E-state index in [2.05, 4.69) is 70.2 Å². The Morgan fingerprint density at radius 3 is 2.55 bits per heavy atom. The standard InChI is InChI=1S/C29H38N2O2/c1-33-18-16-30(21-25-13-11-24(12-14-25)7-4-5-17-32)22-26-8-6-15-31(23-26)29-19-27-9-2-3-10-28(27)20-29/h2-3,9-14,26,29,32H,5-6,8,15-23H2,1H3/t26-/m1/s1. The van der Waals surface area contributed by atoms with Gasteiger partial charge in [-0.25, -0.2) is 0 Å². The third-order valence-corrected chi connectivity index (χ3v) is 7.05. The van der Waals surface area contributed by atoms with Gasteiger partial charge >= 0.3 is 0 Å². The average Bonchev–Trinajstić information content (AvgIpc) is 3.28. The van der Waals surface area contributed by atoms with Crippen LogP contribution in [0.3, 0.4) is 0 Å². The van der Waals surface area contributed by atoms with Crippen LogP contribution in [0, 0.1) is 17.8 Å². The number of aliphatic hydroxyl groups excluding tert-OH is 1. The van der Waals surface area contributed by atoms with Crippen molar-refractivity contribution in [3.05, 3.63) is 70.8 Å². The van der Waals surface area contributed by atoms with Crippen LogP contribution in [0.15, 0.2) is 48.5 Å². The molecule has 1 aliphatic carbocycles.